The van der Waals surface area contributed by atoms with Crippen molar-refractivity contribution >= 4 is 5.96 Å². The van der Waals surface area contributed by atoms with Gasteiger partial charge >= 0.3 is 0 Å². The molecule has 0 aliphatic carbocycles. The lowest BCUT2D eigenvalue weighted by Crippen LogP contribution is -2.38. The molecule has 0 amide bonds. The highest BCUT2D eigenvalue weighted by atomic mass is 19.1. The second-order valence-corrected chi connectivity index (χ2v) is 6.45. The van der Waals surface area contributed by atoms with Gasteiger partial charge in [-0.25, -0.2) is 4.39 Å². The minimum Gasteiger partial charge on any atom is -0.492 e. The lowest BCUT2D eigenvalue weighted by molar-refractivity contribution is 0.259. The molecule has 0 spiro atoms. The number of nitrogens with zero attached hydrogens (tertiary/aromatic N) is 2. The molecule has 0 heterocycles. The molecular weight excluding hydrogens is 343 g/mol. The Morgan fingerprint density at radius 1 is 1.04 bits per heavy atom. The van der Waals surface area contributed by atoms with Gasteiger partial charge < -0.3 is 20.3 Å². The number of rotatable bonds is 9. The van der Waals surface area contributed by atoms with E-state index in [0.29, 0.717) is 37.6 Å². The van der Waals surface area contributed by atoms with Crippen LogP contribution in [0.2, 0.25) is 0 Å². The highest BCUT2D eigenvalue weighted by Gasteiger charge is 2.06. The first-order valence-corrected chi connectivity index (χ1v) is 9.13. The number of aliphatic imine (C=N–C) groups is 1. The van der Waals surface area contributed by atoms with E-state index < -0.39 is 0 Å². The molecular formula is C21H29FN4O. The van der Waals surface area contributed by atoms with E-state index in [9.17, 15) is 4.39 Å². The van der Waals surface area contributed by atoms with Crippen LogP contribution < -0.4 is 15.4 Å². The van der Waals surface area contributed by atoms with Crippen molar-refractivity contribution in [2.24, 2.45) is 4.99 Å². The summed E-state index contributed by atoms with van der Waals surface area (Å²) >= 11 is 0. The number of para-hydroxylation sites is 1. The average Bonchev–Trinajstić information content (AvgIpc) is 2.66. The van der Waals surface area contributed by atoms with E-state index >= 15 is 0 Å². The third kappa shape index (κ3) is 7.27. The van der Waals surface area contributed by atoms with Gasteiger partial charge in [-0.15, -0.1) is 0 Å². The van der Waals surface area contributed by atoms with Crippen LogP contribution in [0.25, 0.3) is 0 Å². The van der Waals surface area contributed by atoms with Crippen LogP contribution in [0, 0.1) is 5.82 Å². The normalized spacial score (nSPS) is 11.5. The van der Waals surface area contributed by atoms with Crippen LogP contribution in [0.15, 0.2) is 53.5 Å². The van der Waals surface area contributed by atoms with Gasteiger partial charge in [-0.1, -0.05) is 36.4 Å². The molecule has 0 aliphatic rings. The first-order valence-electron chi connectivity index (χ1n) is 9.13. The SMILES string of the molecule is CN=C(NCCc1ccccc1F)NCc1ccccc1OCCN(C)C. The highest BCUT2D eigenvalue weighted by molar-refractivity contribution is 5.79. The Hall–Kier alpha value is -2.60. The van der Waals surface area contributed by atoms with E-state index in [1.807, 2.05) is 44.4 Å². The van der Waals surface area contributed by atoms with E-state index in [1.165, 1.54) is 6.07 Å². The Balaban J connectivity index is 1.82. The number of hydrogen-bond acceptors (Lipinski definition) is 3. The summed E-state index contributed by atoms with van der Waals surface area (Å²) in [4.78, 5) is 6.31. The number of ether oxygens (including phenoxy) is 1. The maximum absolute atomic E-state index is 13.7. The van der Waals surface area contributed by atoms with Crippen molar-refractivity contribution in [1.29, 1.82) is 0 Å². The van der Waals surface area contributed by atoms with Crippen molar-refractivity contribution in [1.82, 2.24) is 15.5 Å². The van der Waals surface area contributed by atoms with Crippen molar-refractivity contribution in [2.75, 3.05) is 40.8 Å². The third-order valence-electron chi connectivity index (χ3n) is 4.08. The fraction of sp³-hybridized carbons (Fsp3) is 0.381. The number of guanidine groups is 1. The molecule has 2 aromatic carbocycles. The Morgan fingerprint density at radius 2 is 1.74 bits per heavy atom. The maximum Gasteiger partial charge on any atom is 0.191 e. The second-order valence-electron chi connectivity index (χ2n) is 6.45. The van der Waals surface area contributed by atoms with Crippen LogP contribution in [0.4, 0.5) is 4.39 Å². The van der Waals surface area contributed by atoms with Crippen LogP contribution in [0.3, 0.4) is 0 Å². The van der Waals surface area contributed by atoms with Gasteiger partial charge in [-0.05, 0) is 38.2 Å². The van der Waals surface area contributed by atoms with E-state index in [2.05, 4.69) is 20.5 Å². The lowest BCUT2D eigenvalue weighted by Gasteiger charge is -2.16. The molecule has 0 unspecified atom stereocenters. The van der Waals surface area contributed by atoms with E-state index in [1.54, 1.807) is 19.2 Å². The first-order chi connectivity index (χ1) is 13.1. The van der Waals surface area contributed by atoms with Crippen molar-refractivity contribution in [3.05, 3.63) is 65.5 Å². The minimum atomic E-state index is -0.175. The molecule has 2 aromatic rings. The third-order valence-corrected chi connectivity index (χ3v) is 4.08. The van der Waals surface area contributed by atoms with Gasteiger partial charge in [0.05, 0.1) is 0 Å². The van der Waals surface area contributed by atoms with Crippen LogP contribution in [0.1, 0.15) is 11.1 Å². The Kier molecular flexibility index (Phi) is 8.58. The number of likely N-dealkylation sites (N-methyl/N-ethyl adjacent to an activating group) is 1. The monoisotopic (exact) mass is 372 g/mol. The van der Waals surface area contributed by atoms with Crippen LogP contribution in [-0.2, 0) is 13.0 Å². The van der Waals surface area contributed by atoms with E-state index in [4.69, 9.17) is 4.74 Å². The number of hydrogen-bond donors (Lipinski definition) is 2. The molecule has 2 rings (SSSR count). The van der Waals surface area contributed by atoms with Crippen LogP contribution >= 0.6 is 0 Å². The number of nitrogens with one attached hydrogen (secondary N) is 2. The molecule has 0 aliphatic heterocycles. The van der Waals surface area contributed by atoms with E-state index in [-0.39, 0.29) is 5.82 Å². The second kappa shape index (κ2) is 11.2. The molecule has 0 saturated carbocycles. The summed E-state index contributed by atoms with van der Waals surface area (Å²) in [6.07, 6.45) is 0.595. The summed E-state index contributed by atoms with van der Waals surface area (Å²) in [5.74, 6) is 1.37. The van der Waals surface area contributed by atoms with Crippen molar-refractivity contribution in [3.8, 4) is 5.75 Å². The van der Waals surface area contributed by atoms with Crippen molar-refractivity contribution < 1.29 is 9.13 Å². The zero-order valence-electron chi connectivity index (χ0n) is 16.3. The van der Waals surface area contributed by atoms with Gasteiger partial charge in [0.15, 0.2) is 5.96 Å². The smallest absolute Gasteiger partial charge is 0.191 e. The summed E-state index contributed by atoms with van der Waals surface area (Å²) in [5.41, 5.74) is 1.76. The van der Waals surface area contributed by atoms with Gasteiger partial charge in [-0.3, -0.25) is 4.99 Å². The molecule has 0 bridgehead atoms. The predicted octanol–water partition coefficient (Wildman–Crippen LogP) is 2.67. The topological polar surface area (TPSA) is 48.9 Å². The molecule has 0 fully saturated rings. The minimum absolute atomic E-state index is 0.175. The molecule has 27 heavy (non-hydrogen) atoms. The standard InChI is InChI=1S/C21H29FN4O/c1-23-21(24-13-12-17-8-4-6-10-19(17)22)25-16-18-9-5-7-11-20(18)27-15-14-26(2)3/h4-11H,12-16H2,1-3H3,(H2,23,24,25). The fourth-order valence-corrected chi connectivity index (χ4v) is 2.55. The van der Waals surface area contributed by atoms with Gasteiger partial charge in [0.1, 0.15) is 18.2 Å². The van der Waals surface area contributed by atoms with Gasteiger partial charge in [0, 0.05) is 32.2 Å². The van der Waals surface area contributed by atoms with Gasteiger partial charge in [0.25, 0.3) is 0 Å². The molecule has 0 aromatic heterocycles. The Labute approximate surface area is 161 Å². The molecule has 0 radical (unpaired) electrons. The summed E-state index contributed by atoms with van der Waals surface area (Å²) in [5, 5.41) is 6.50. The van der Waals surface area contributed by atoms with Gasteiger partial charge in [-0.2, -0.15) is 0 Å². The first kappa shape index (κ1) is 20.7. The molecule has 0 saturated heterocycles. The Morgan fingerprint density at radius 3 is 2.44 bits per heavy atom. The summed E-state index contributed by atoms with van der Waals surface area (Å²) in [7, 11) is 5.76. The van der Waals surface area contributed by atoms with Crippen LogP contribution in [-0.4, -0.2) is 51.7 Å². The molecule has 146 valence electrons. The lowest BCUT2D eigenvalue weighted by atomic mass is 10.1. The van der Waals surface area contributed by atoms with E-state index in [0.717, 1.165) is 17.9 Å². The predicted molar refractivity (Wildman–Crippen MR) is 109 cm³/mol. The molecule has 5 nitrogen and oxygen atoms in total. The molecule has 0 atom stereocenters. The maximum atomic E-state index is 13.7. The fourth-order valence-electron chi connectivity index (χ4n) is 2.55. The number of halogens is 1. The number of benzene rings is 2. The molecule has 2 N–H and O–H groups in total. The van der Waals surface area contributed by atoms with Crippen molar-refractivity contribution in [3.63, 3.8) is 0 Å². The quantitative estimate of drug-likeness (QED) is 0.525. The highest BCUT2D eigenvalue weighted by Crippen LogP contribution is 2.17. The van der Waals surface area contributed by atoms with Gasteiger partial charge in [0.2, 0.25) is 0 Å². The molecule has 6 heteroatoms. The average molecular weight is 372 g/mol. The van der Waals surface area contributed by atoms with Crippen LogP contribution in [0.5, 0.6) is 5.75 Å². The summed E-state index contributed by atoms with van der Waals surface area (Å²) < 4.78 is 19.6. The zero-order valence-corrected chi connectivity index (χ0v) is 16.3. The summed E-state index contributed by atoms with van der Waals surface area (Å²) in [6.45, 7) is 2.69. The van der Waals surface area contributed by atoms with Crippen molar-refractivity contribution in [2.45, 2.75) is 13.0 Å². The Bertz CT molecular complexity index is 734. The largest absolute Gasteiger partial charge is 0.492 e. The summed E-state index contributed by atoms with van der Waals surface area (Å²) in [6, 6.07) is 14.8. The zero-order chi connectivity index (χ0) is 19.5.